The average molecular weight is 476 g/mol. The quantitative estimate of drug-likeness (QED) is 0.373. The van der Waals surface area contributed by atoms with E-state index in [4.69, 9.17) is 0 Å². The van der Waals surface area contributed by atoms with E-state index in [0.717, 1.165) is 20.8 Å². The van der Waals surface area contributed by atoms with E-state index >= 15 is 0 Å². The first-order valence-electron chi connectivity index (χ1n) is 10.8. The molecule has 0 radical (unpaired) electrons. The van der Waals surface area contributed by atoms with Crippen LogP contribution in [0.4, 0.5) is 13.2 Å². The third-order valence-corrected chi connectivity index (χ3v) is 5.70. The first-order valence-corrected chi connectivity index (χ1v) is 10.8. The molecule has 0 amide bonds. The summed E-state index contributed by atoms with van der Waals surface area (Å²) in [7, 11) is 0. The maximum atomic E-state index is 14.6. The van der Waals surface area contributed by atoms with E-state index in [9.17, 15) is 22.8 Å². The lowest BCUT2D eigenvalue weighted by molar-refractivity contribution is 0.509. The summed E-state index contributed by atoms with van der Waals surface area (Å²) in [5.41, 5.74) is 0.589. The van der Waals surface area contributed by atoms with Gasteiger partial charge in [-0.15, -0.1) is 0 Å². The molecular formula is C26H19F3N4O2. The number of para-hydroxylation sites is 2. The Morgan fingerprint density at radius 2 is 1.34 bits per heavy atom. The molecule has 3 aromatic carbocycles. The number of halogens is 3. The summed E-state index contributed by atoms with van der Waals surface area (Å²) in [6.45, 7) is -0.149. The Labute approximate surface area is 197 Å². The topological polar surface area (TPSA) is 61.8 Å². The van der Waals surface area contributed by atoms with Gasteiger partial charge in [0.1, 0.15) is 17.5 Å². The van der Waals surface area contributed by atoms with Crippen molar-refractivity contribution in [2.75, 3.05) is 0 Å². The zero-order valence-electron chi connectivity index (χ0n) is 18.4. The maximum Gasteiger partial charge on any atom is 0.331 e. The van der Waals surface area contributed by atoms with Gasteiger partial charge in [0.2, 0.25) is 5.82 Å². The SMILES string of the molecule is O=c1c(F)cn(Cc2nc3ccccc3n2Cc2cccc(F)c2)c(=O)n1Cc1cccc(F)c1. The third kappa shape index (κ3) is 4.52. The van der Waals surface area contributed by atoms with Crippen molar-refractivity contribution >= 4 is 11.0 Å². The van der Waals surface area contributed by atoms with Crippen molar-refractivity contribution in [3.05, 3.63) is 134 Å². The number of rotatable bonds is 6. The molecule has 176 valence electrons. The highest BCUT2D eigenvalue weighted by Crippen LogP contribution is 2.19. The van der Waals surface area contributed by atoms with E-state index in [1.165, 1.54) is 30.3 Å². The average Bonchev–Trinajstić information content (AvgIpc) is 3.17. The van der Waals surface area contributed by atoms with Gasteiger partial charge in [-0.05, 0) is 47.5 Å². The molecule has 0 aliphatic heterocycles. The molecule has 0 bridgehead atoms. The monoisotopic (exact) mass is 476 g/mol. The lowest BCUT2D eigenvalue weighted by atomic mass is 10.2. The molecule has 2 heterocycles. The van der Waals surface area contributed by atoms with Gasteiger partial charge in [-0.2, -0.15) is 4.39 Å². The summed E-state index contributed by atoms with van der Waals surface area (Å²) in [5, 5.41) is 0. The van der Waals surface area contributed by atoms with E-state index in [0.29, 0.717) is 22.5 Å². The van der Waals surface area contributed by atoms with Gasteiger partial charge in [0.15, 0.2) is 0 Å². The molecule has 0 unspecified atom stereocenters. The summed E-state index contributed by atoms with van der Waals surface area (Å²) in [4.78, 5) is 30.1. The second-order valence-corrected chi connectivity index (χ2v) is 8.14. The summed E-state index contributed by atoms with van der Waals surface area (Å²) in [6.07, 6.45) is 0.846. The van der Waals surface area contributed by atoms with Gasteiger partial charge in [0.25, 0.3) is 5.56 Å². The number of fused-ring (bicyclic) bond motifs is 1. The highest BCUT2D eigenvalue weighted by atomic mass is 19.1. The van der Waals surface area contributed by atoms with Gasteiger partial charge in [0.05, 0.1) is 30.3 Å². The number of imidazole rings is 1. The van der Waals surface area contributed by atoms with Crippen LogP contribution in [0, 0.1) is 17.5 Å². The Kier molecular flexibility index (Phi) is 5.82. The van der Waals surface area contributed by atoms with Gasteiger partial charge >= 0.3 is 5.69 Å². The molecule has 0 aliphatic carbocycles. The summed E-state index contributed by atoms with van der Waals surface area (Å²) in [6, 6.07) is 18.8. The van der Waals surface area contributed by atoms with Crippen LogP contribution in [0.25, 0.3) is 11.0 Å². The fraction of sp³-hybridized carbons (Fsp3) is 0.115. The highest BCUT2D eigenvalue weighted by Gasteiger charge is 2.16. The first kappa shape index (κ1) is 22.4. The van der Waals surface area contributed by atoms with Gasteiger partial charge < -0.3 is 4.57 Å². The fourth-order valence-corrected chi connectivity index (χ4v) is 4.08. The second-order valence-electron chi connectivity index (χ2n) is 8.14. The van der Waals surface area contributed by atoms with Gasteiger partial charge in [0, 0.05) is 6.54 Å². The third-order valence-electron chi connectivity index (χ3n) is 5.70. The molecule has 0 fully saturated rings. The van der Waals surface area contributed by atoms with Crippen molar-refractivity contribution in [2.24, 2.45) is 0 Å². The molecule has 0 atom stereocenters. The molecule has 2 aromatic heterocycles. The number of aromatic nitrogens is 4. The van der Waals surface area contributed by atoms with Gasteiger partial charge in [-0.1, -0.05) is 36.4 Å². The van der Waals surface area contributed by atoms with Crippen LogP contribution in [0.5, 0.6) is 0 Å². The molecule has 0 saturated carbocycles. The number of hydrogen-bond donors (Lipinski definition) is 0. The lowest BCUT2D eigenvalue weighted by Gasteiger charge is -2.13. The van der Waals surface area contributed by atoms with E-state index < -0.39 is 22.9 Å². The molecule has 0 N–H and O–H groups in total. The molecule has 0 saturated heterocycles. The van der Waals surface area contributed by atoms with E-state index in [1.54, 1.807) is 24.3 Å². The smallest absolute Gasteiger partial charge is 0.322 e. The van der Waals surface area contributed by atoms with Gasteiger partial charge in [-0.3, -0.25) is 13.9 Å². The number of nitrogens with zero attached hydrogens (tertiary/aromatic N) is 4. The first-order chi connectivity index (χ1) is 16.9. The van der Waals surface area contributed by atoms with E-state index in [1.807, 2.05) is 22.8 Å². The van der Waals surface area contributed by atoms with E-state index in [-0.39, 0.29) is 25.5 Å². The van der Waals surface area contributed by atoms with Crippen LogP contribution in [-0.4, -0.2) is 18.7 Å². The molecule has 0 spiro atoms. The van der Waals surface area contributed by atoms with Crippen molar-refractivity contribution in [1.82, 2.24) is 18.7 Å². The maximum absolute atomic E-state index is 14.6. The fourth-order valence-electron chi connectivity index (χ4n) is 4.08. The van der Waals surface area contributed by atoms with Crippen LogP contribution in [0.15, 0.2) is 88.6 Å². The van der Waals surface area contributed by atoms with Crippen LogP contribution < -0.4 is 11.2 Å². The van der Waals surface area contributed by atoms with Crippen LogP contribution in [0.3, 0.4) is 0 Å². The Morgan fingerprint density at radius 3 is 2.00 bits per heavy atom. The van der Waals surface area contributed by atoms with Crippen molar-refractivity contribution in [3.8, 4) is 0 Å². The minimum absolute atomic E-state index is 0.136. The van der Waals surface area contributed by atoms with Crippen LogP contribution in [-0.2, 0) is 19.6 Å². The van der Waals surface area contributed by atoms with Gasteiger partial charge in [-0.25, -0.2) is 18.6 Å². The Balaban J connectivity index is 1.58. The predicted molar refractivity (Wildman–Crippen MR) is 125 cm³/mol. The van der Waals surface area contributed by atoms with Crippen LogP contribution in [0.2, 0.25) is 0 Å². The second kappa shape index (κ2) is 9.09. The zero-order chi connectivity index (χ0) is 24.5. The number of benzene rings is 3. The Bertz CT molecular complexity index is 1670. The van der Waals surface area contributed by atoms with Crippen molar-refractivity contribution in [2.45, 2.75) is 19.6 Å². The largest absolute Gasteiger partial charge is 0.331 e. The molecule has 0 aliphatic rings. The molecule has 5 rings (SSSR count). The summed E-state index contributed by atoms with van der Waals surface area (Å²) >= 11 is 0. The highest BCUT2D eigenvalue weighted by molar-refractivity contribution is 5.76. The van der Waals surface area contributed by atoms with Crippen molar-refractivity contribution in [1.29, 1.82) is 0 Å². The van der Waals surface area contributed by atoms with E-state index in [2.05, 4.69) is 4.98 Å². The van der Waals surface area contributed by atoms with Crippen LogP contribution >= 0.6 is 0 Å². The van der Waals surface area contributed by atoms with Crippen molar-refractivity contribution < 1.29 is 13.2 Å². The summed E-state index contributed by atoms with van der Waals surface area (Å²) < 4.78 is 45.5. The molecule has 5 aromatic rings. The Morgan fingerprint density at radius 1 is 0.714 bits per heavy atom. The molecule has 6 nitrogen and oxygen atoms in total. The normalized spacial score (nSPS) is 11.3. The minimum atomic E-state index is -1.12. The van der Waals surface area contributed by atoms with Crippen molar-refractivity contribution in [3.63, 3.8) is 0 Å². The minimum Gasteiger partial charge on any atom is -0.322 e. The standard InChI is InChI=1S/C26H19F3N4O2/c27-19-7-3-5-17(11-19)13-32-23-10-2-1-9-22(23)30-24(32)16-31-15-21(29)25(34)33(26(31)35)14-18-6-4-8-20(28)12-18/h1-12,15H,13-14,16H2. The predicted octanol–water partition coefficient (Wildman–Crippen LogP) is 3.92. The molecule has 9 heteroatoms. The number of hydrogen-bond acceptors (Lipinski definition) is 3. The zero-order valence-corrected chi connectivity index (χ0v) is 18.4. The molecule has 35 heavy (non-hydrogen) atoms. The summed E-state index contributed by atoms with van der Waals surface area (Å²) in [5.74, 6) is -1.60. The lowest BCUT2D eigenvalue weighted by Crippen LogP contribution is -2.41. The Hall–Kier alpha value is -4.40. The van der Waals surface area contributed by atoms with Crippen LogP contribution in [0.1, 0.15) is 17.0 Å². The molecular weight excluding hydrogens is 457 g/mol.